The molecule has 0 radical (unpaired) electrons. The average molecular weight is 269 g/mol. The second-order valence-electron chi connectivity index (χ2n) is 4.63. The van der Waals surface area contributed by atoms with Crippen LogP contribution in [-0.4, -0.2) is 36.9 Å². The molecule has 98 valence electrons. The maximum absolute atomic E-state index is 12.2. The lowest BCUT2D eigenvalue weighted by molar-refractivity contribution is -0.145. The molecule has 0 amide bonds. The van der Waals surface area contributed by atoms with Gasteiger partial charge < -0.3 is 5.11 Å². The molecule has 0 spiro atoms. The van der Waals surface area contributed by atoms with Crippen molar-refractivity contribution in [1.29, 1.82) is 0 Å². The molecule has 0 aliphatic carbocycles. The summed E-state index contributed by atoms with van der Waals surface area (Å²) in [6.45, 7) is 3.76. The van der Waals surface area contributed by atoms with E-state index in [0.29, 0.717) is 5.56 Å². The summed E-state index contributed by atoms with van der Waals surface area (Å²) in [6, 6.07) is 5.13. The van der Waals surface area contributed by atoms with Crippen LogP contribution in [-0.2, 0) is 14.8 Å². The van der Waals surface area contributed by atoms with Crippen LogP contribution in [0.1, 0.15) is 11.1 Å². The van der Waals surface area contributed by atoms with Crippen molar-refractivity contribution in [2.45, 2.75) is 18.7 Å². The minimum absolute atomic E-state index is 0.0605. The third-order valence-electron chi connectivity index (χ3n) is 3.15. The van der Waals surface area contributed by atoms with E-state index in [9.17, 15) is 13.2 Å². The molecule has 1 heterocycles. The molecule has 0 atom stereocenters. The van der Waals surface area contributed by atoms with E-state index >= 15 is 0 Å². The van der Waals surface area contributed by atoms with E-state index in [4.69, 9.17) is 5.11 Å². The molecule has 1 fully saturated rings. The lowest BCUT2D eigenvalue weighted by atomic mass is 10.0. The summed E-state index contributed by atoms with van der Waals surface area (Å²) >= 11 is 0. The van der Waals surface area contributed by atoms with Crippen molar-refractivity contribution in [3.8, 4) is 0 Å². The van der Waals surface area contributed by atoms with Gasteiger partial charge in [-0.05, 0) is 25.5 Å². The highest BCUT2D eigenvalue weighted by Gasteiger charge is 2.40. The van der Waals surface area contributed by atoms with Crippen LogP contribution in [0, 0.1) is 19.8 Å². The van der Waals surface area contributed by atoms with E-state index in [0.717, 1.165) is 5.56 Å². The Morgan fingerprint density at radius 3 is 2.44 bits per heavy atom. The van der Waals surface area contributed by atoms with Crippen LogP contribution >= 0.6 is 0 Å². The van der Waals surface area contributed by atoms with E-state index in [1.807, 2.05) is 6.92 Å². The molecule has 1 saturated heterocycles. The Balaban J connectivity index is 2.25. The summed E-state index contributed by atoms with van der Waals surface area (Å²) in [5.41, 5.74) is 1.69. The van der Waals surface area contributed by atoms with Crippen molar-refractivity contribution >= 4 is 16.0 Å². The molecule has 1 aromatic carbocycles. The fourth-order valence-corrected chi connectivity index (χ4v) is 3.75. The van der Waals surface area contributed by atoms with Gasteiger partial charge in [0, 0.05) is 13.1 Å². The SMILES string of the molecule is Cc1ccc(S(=O)(=O)N2CC(C(=O)O)C2)c(C)c1. The lowest BCUT2D eigenvalue weighted by Gasteiger charge is -2.35. The second kappa shape index (κ2) is 4.37. The Morgan fingerprint density at radius 1 is 1.33 bits per heavy atom. The molecule has 1 aliphatic rings. The summed E-state index contributed by atoms with van der Waals surface area (Å²) < 4.78 is 25.7. The zero-order valence-electron chi connectivity index (χ0n) is 10.3. The van der Waals surface area contributed by atoms with Gasteiger partial charge in [0.15, 0.2) is 0 Å². The van der Waals surface area contributed by atoms with Crippen molar-refractivity contribution in [2.75, 3.05) is 13.1 Å². The van der Waals surface area contributed by atoms with Crippen molar-refractivity contribution in [3.05, 3.63) is 29.3 Å². The number of rotatable bonds is 3. The van der Waals surface area contributed by atoms with Crippen LogP contribution in [0.5, 0.6) is 0 Å². The third kappa shape index (κ3) is 2.13. The first-order valence-corrected chi connectivity index (χ1v) is 7.06. The van der Waals surface area contributed by atoms with E-state index in [1.54, 1.807) is 25.1 Å². The Morgan fingerprint density at radius 2 is 1.94 bits per heavy atom. The number of aliphatic carboxylic acids is 1. The fraction of sp³-hybridized carbons (Fsp3) is 0.417. The number of carboxylic acid groups (broad SMARTS) is 1. The maximum Gasteiger partial charge on any atom is 0.309 e. The molecule has 6 heteroatoms. The van der Waals surface area contributed by atoms with Crippen LogP contribution in [0.15, 0.2) is 23.1 Å². The number of sulfonamides is 1. The molecule has 1 aromatic rings. The van der Waals surface area contributed by atoms with Crippen molar-refractivity contribution < 1.29 is 18.3 Å². The predicted molar refractivity (Wildman–Crippen MR) is 65.8 cm³/mol. The molecule has 2 rings (SSSR count). The normalized spacial score (nSPS) is 17.4. The summed E-state index contributed by atoms with van der Waals surface area (Å²) in [4.78, 5) is 10.9. The molecule has 1 aliphatic heterocycles. The highest BCUT2D eigenvalue weighted by Crippen LogP contribution is 2.27. The molecular formula is C12H15NO4S. The molecule has 1 N–H and O–H groups in total. The van der Waals surface area contributed by atoms with Crippen LogP contribution in [0.4, 0.5) is 0 Å². The molecule has 0 aromatic heterocycles. The topological polar surface area (TPSA) is 74.7 Å². The van der Waals surface area contributed by atoms with E-state index in [1.165, 1.54) is 4.31 Å². The van der Waals surface area contributed by atoms with Crippen molar-refractivity contribution in [3.63, 3.8) is 0 Å². The monoisotopic (exact) mass is 269 g/mol. The highest BCUT2D eigenvalue weighted by molar-refractivity contribution is 7.89. The molecule has 18 heavy (non-hydrogen) atoms. The first kappa shape index (κ1) is 13.0. The highest BCUT2D eigenvalue weighted by atomic mass is 32.2. The summed E-state index contributed by atoms with van der Waals surface area (Å²) in [7, 11) is -3.55. The Bertz CT molecular complexity index is 588. The maximum atomic E-state index is 12.2. The predicted octanol–water partition coefficient (Wildman–Crippen LogP) is 1.01. The first-order valence-electron chi connectivity index (χ1n) is 5.62. The summed E-state index contributed by atoms with van der Waals surface area (Å²) in [6.07, 6.45) is 0. The van der Waals surface area contributed by atoms with Gasteiger partial charge in [0.05, 0.1) is 10.8 Å². The van der Waals surface area contributed by atoms with Gasteiger partial charge in [0.1, 0.15) is 0 Å². The van der Waals surface area contributed by atoms with Gasteiger partial charge in [-0.1, -0.05) is 17.7 Å². The van der Waals surface area contributed by atoms with Crippen LogP contribution < -0.4 is 0 Å². The van der Waals surface area contributed by atoms with Crippen LogP contribution in [0.25, 0.3) is 0 Å². The molecular weight excluding hydrogens is 254 g/mol. The quantitative estimate of drug-likeness (QED) is 0.888. The molecule has 5 nitrogen and oxygen atoms in total. The van der Waals surface area contributed by atoms with Gasteiger partial charge >= 0.3 is 5.97 Å². The summed E-state index contributed by atoms with van der Waals surface area (Å²) in [5.74, 6) is -1.52. The minimum atomic E-state index is -3.55. The minimum Gasteiger partial charge on any atom is -0.481 e. The standard InChI is InChI=1S/C12H15NO4S/c1-8-3-4-11(9(2)5-8)18(16,17)13-6-10(7-13)12(14)15/h3-5,10H,6-7H2,1-2H3,(H,14,15). The summed E-state index contributed by atoms with van der Waals surface area (Å²) in [5, 5.41) is 8.76. The Hall–Kier alpha value is -1.40. The van der Waals surface area contributed by atoms with Gasteiger partial charge in [0.25, 0.3) is 0 Å². The van der Waals surface area contributed by atoms with Crippen LogP contribution in [0.2, 0.25) is 0 Å². The van der Waals surface area contributed by atoms with Gasteiger partial charge in [-0.25, -0.2) is 8.42 Å². The number of benzene rings is 1. The Kier molecular flexibility index (Phi) is 3.16. The van der Waals surface area contributed by atoms with Crippen LogP contribution in [0.3, 0.4) is 0 Å². The fourth-order valence-electron chi connectivity index (χ4n) is 2.02. The second-order valence-corrected chi connectivity index (χ2v) is 6.53. The van der Waals surface area contributed by atoms with Crippen molar-refractivity contribution in [1.82, 2.24) is 4.31 Å². The largest absolute Gasteiger partial charge is 0.481 e. The van der Waals surface area contributed by atoms with Gasteiger partial charge in [0.2, 0.25) is 10.0 Å². The van der Waals surface area contributed by atoms with E-state index < -0.39 is 21.9 Å². The molecule has 0 unspecified atom stereocenters. The zero-order valence-corrected chi connectivity index (χ0v) is 11.1. The number of carboxylic acids is 1. The average Bonchev–Trinajstić information content (AvgIpc) is 2.12. The smallest absolute Gasteiger partial charge is 0.309 e. The number of hydrogen-bond acceptors (Lipinski definition) is 3. The number of aryl methyl sites for hydroxylation is 2. The van der Waals surface area contributed by atoms with Gasteiger partial charge in [-0.3, -0.25) is 4.79 Å². The van der Waals surface area contributed by atoms with Gasteiger partial charge in [-0.2, -0.15) is 4.31 Å². The third-order valence-corrected chi connectivity index (χ3v) is 5.14. The molecule has 0 saturated carbocycles. The number of hydrogen-bond donors (Lipinski definition) is 1. The zero-order chi connectivity index (χ0) is 13.5. The lowest BCUT2D eigenvalue weighted by Crippen LogP contribution is -2.52. The van der Waals surface area contributed by atoms with E-state index in [2.05, 4.69) is 0 Å². The van der Waals surface area contributed by atoms with E-state index in [-0.39, 0.29) is 18.0 Å². The number of nitrogens with zero attached hydrogens (tertiary/aromatic N) is 1. The van der Waals surface area contributed by atoms with Crippen molar-refractivity contribution in [2.24, 2.45) is 5.92 Å². The number of carbonyl (C=O) groups is 1. The Labute approximate surface area is 106 Å². The first-order chi connectivity index (χ1) is 8.32. The molecule has 0 bridgehead atoms. The van der Waals surface area contributed by atoms with Gasteiger partial charge in [-0.15, -0.1) is 0 Å².